The molecule has 3 aromatic rings. The van der Waals surface area contributed by atoms with Gasteiger partial charge in [-0.25, -0.2) is 21.9 Å². The van der Waals surface area contributed by atoms with Crippen LogP contribution in [-0.4, -0.2) is 24.7 Å². The highest BCUT2D eigenvalue weighted by Crippen LogP contribution is 2.23. The van der Waals surface area contributed by atoms with Crippen molar-refractivity contribution < 1.29 is 17.2 Å². The minimum absolute atomic E-state index is 0.0412. The number of benzene rings is 1. The van der Waals surface area contributed by atoms with E-state index >= 15 is 0 Å². The molecule has 1 N–H and O–H groups in total. The first-order valence-electron chi connectivity index (χ1n) is 6.94. The second-order valence-corrected chi connectivity index (χ2v) is 7.66. The molecule has 0 bridgehead atoms. The van der Waals surface area contributed by atoms with E-state index in [1.54, 1.807) is 23.1 Å². The van der Waals surface area contributed by atoms with Gasteiger partial charge < -0.3 is 0 Å². The molecule has 2 heterocycles. The van der Waals surface area contributed by atoms with Gasteiger partial charge >= 0.3 is 0 Å². The number of halogens is 2. The Balaban J connectivity index is 1.85. The van der Waals surface area contributed by atoms with Crippen LogP contribution in [0.4, 0.5) is 8.78 Å². The zero-order valence-electron chi connectivity index (χ0n) is 12.3. The van der Waals surface area contributed by atoms with Crippen LogP contribution in [0, 0.1) is 11.6 Å². The minimum Gasteiger partial charge on any atom is -0.263 e. The molecule has 0 aliphatic carbocycles. The average molecular weight is 369 g/mol. The predicted octanol–water partition coefficient (Wildman–Crippen LogP) is 2.79. The lowest BCUT2D eigenvalue weighted by molar-refractivity contribution is 0.506. The molecule has 1 aromatic carbocycles. The van der Waals surface area contributed by atoms with Crippen LogP contribution in [0.25, 0.3) is 0 Å². The van der Waals surface area contributed by atoms with Crippen LogP contribution < -0.4 is 4.72 Å². The Kier molecular flexibility index (Phi) is 4.74. The Morgan fingerprint density at radius 3 is 2.75 bits per heavy atom. The average Bonchev–Trinajstić information content (AvgIpc) is 3.23. The van der Waals surface area contributed by atoms with E-state index in [1.807, 2.05) is 17.5 Å². The van der Waals surface area contributed by atoms with Gasteiger partial charge in [-0.15, -0.1) is 11.3 Å². The summed E-state index contributed by atoms with van der Waals surface area (Å²) in [7, 11) is -4.19. The van der Waals surface area contributed by atoms with E-state index in [0.29, 0.717) is 6.07 Å². The summed E-state index contributed by atoms with van der Waals surface area (Å²) in [6, 6.07) is 7.35. The van der Waals surface area contributed by atoms with Crippen LogP contribution in [-0.2, 0) is 10.0 Å². The Bertz CT molecular complexity index is 876. The normalized spacial score (nSPS) is 13.1. The fourth-order valence-corrected chi connectivity index (χ4v) is 4.16. The Labute approximate surface area is 141 Å². The lowest BCUT2D eigenvalue weighted by Crippen LogP contribution is -2.31. The molecule has 0 aliphatic heterocycles. The number of hydrogen-bond donors (Lipinski definition) is 1. The molecule has 5 nitrogen and oxygen atoms in total. The minimum atomic E-state index is -4.19. The second-order valence-electron chi connectivity index (χ2n) is 4.94. The van der Waals surface area contributed by atoms with Gasteiger partial charge in [0.1, 0.15) is 16.5 Å². The van der Waals surface area contributed by atoms with E-state index in [1.165, 1.54) is 11.3 Å². The fraction of sp³-hybridized carbons (Fsp3) is 0.133. The summed E-state index contributed by atoms with van der Waals surface area (Å²) in [5.74, 6) is -1.82. The van der Waals surface area contributed by atoms with Crippen molar-refractivity contribution in [2.45, 2.75) is 10.9 Å². The van der Waals surface area contributed by atoms with Crippen LogP contribution in [0.2, 0.25) is 0 Å². The smallest absolute Gasteiger partial charge is 0.243 e. The third-order valence-electron chi connectivity index (χ3n) is 3.37. The number of hydrogen-bond acceptors (Lipinski definition) is 4. The topological polar surface area (TPSA) is 64.0 Å². The number of aromatic nitrogens is 2. The Hall–Kier alpha value is -2.10. The predicted molar refractivity (Wildman–Crippen MR) is 86.2 cm³/mol. The Morgan fingerprint density at radius 2 is 2.08 bits per heavy atom. The van der Waals surface area contributed by atoms with E-state index in [-0.39, 0.29) is 12.6 Å². The van der Waals surface area contributed by atoms with Crippen LogP contribution >= 0.6 is 11.3 Å². The van der Waals surface area contributed by atoms with Gasteiger partial charge in [0, 0.05) is 23.8 Å². The molecule has 9 heteroatoms. The molecule has 0 spiro atoms. The lowest BCUT2D eigenvalue weighted by atomic mass is 10.2. The number of nitrogens with one attached hydrogen (secondary N) is 1. The van der Waals surface area contributed by atoms with E-state index in [2.05, 4.69) is 9.82 Å². The highest BCUT2D eigenvalue weighted by atomic mass is 32.2. The molecule has 0 amide bonds. The molecule has 0 aliphatic rings. The van der Waals surface area contributed by atoms with Crippen LogP contribution in [0.15, 0.2) is 59.1 Å². The van der Waals surface area contributed by atoms with E-state index < -0.39 is 26.6 Å². The molecule has 3 rings (SSSR count). The first kappa shape index (κ1) is 16.7. The zero-order chi connectivity index (χ0) is 17.2. The summed E-state index contributed by atoms with van der Waals surface area (Å²) in [6.45, 7) is -0.0412. The maximum atomic E-state index is 13.7. The molecule has 0 saturated heterocycles. The van der Waals surface area contributed by atoms with E-state index in [0.717, 1.165) is 17.0 Å². The summed E-state index contributed by atoms with van der Waals surface area (Å²) in [6.07, 6.45) is 3.29. The summed E-state index contributed by atoms with van der Waals surface area (Å²) in [4.78, 5) is 0.175. The summed E-state index contributed by atoms with van der Waals surface area (Å²) < 4.78 is 55.5. The van der Waals surface area contributed by atoms with Crippen molar-refractivity contribution in [1.29, 1.82) is 0 Å². The Morgan fingerprint density at radius 1 is 1.25 bits per heavy atom. The van der Waals surface area contributed by atoms with Crippen molar-refractivity contribution >= 4 is 21.4 Å². The third-order valence-corrected chi connectivity index (χ3v) is 5.78. The maximum Gasteiger partial charge on any atom is 0.243 e. The first-order chi connectivity index (χ1) is 11.5. The highest BCUT2D eigenvalue weighted by molar-refractivity contribution is 7.89. The van der Waals surface area contributed by atoms with Gasteiger partial charge in [0.25, 0.3) is 0 Å². The van der Waals surface area contributed by atoms with Gasteiger partial charge in [-0.3, -0.25) is 4.68 Å². The molecule has 126 valence electrons. The molecular weight excluding hydrogens is 356 g/mol. The molecule has 1 unspecified atom stereocenters. The summed E-state index contributed by atoms with van der Waals surface area (Å²) in [5.41, 5.74) is 0. The van der Waals surface area contributed by atoms with Crippen LogP contribution in [0.3, 0.4) is 0 Å². The number of sulfonamides is 1. The highest BCUT2D eigenvalue weighted by Gasteiger charge is 2.23. The third kappa shape index (κ3) is 3.53. The van der Waals surface area contributed by atoms with Gasteiger partial charge in [-0.1, -0.05) is 6.07 Å². The van der Waals surface area contributed by atoms with Gasteiger partial charge in [0.2, 0.25) is 10.0 Å². The SMILES string of the molecule is O=S(=O)(NCC(c1cccs1)n1cccn1)c1cc(F)ccc1F. The van der Waals surface area contributed by atoms with Crippen molar-refractivity contribution in [3.05, 3.63) is 70.7 Å². The number of rotatable bonds is 6. The van der Waals surface area contributed by atoms with E-state index in [4.69, 9.17) is 0 Å². The monoisotopic (exact) mass is 369 g/mol. The summed E-state index contributed by atoms with van der Waals surface area (Å²) in [5, 5.41) is 6.00. The van der Waals surface area contributed by atoms with E-state index in [9.17, 15) is 17.2 Å². The molecule has 0 fully saturated rings. The number of nitrogens with zero attached hydrogens (tertiary/aromatic N) is 2. The number of thiophene rings is 1. The molecule has 0 saturated carbocycles. The van der Waals surface area contributed by atoms with Gasteiger partial charge in [0.15, 0.2) is 0 Å². The van der Waals surface area contributed by atoms with Gasteiger partial charge in [-0.2, -0.15) is 5.10 Å². The molecule has 2 aromatic heterocycles. The molecular formula is C15H13F2N3O2S2. The van der Waals surface area contributed by atoms with Crippen molar-refractivity contribution in [3.63, 3.8) is 0 Å². The first-order valence-corrected chi connectivity index (χ1v) is 9.31. The fourth-order valence-electron chi connectivity index (χ4n) is 2.22. The molecule has 1 atom stereocenters. The molecule has 24 heavy (non-hydrogen) atoms. The zero-order valence-corrected chi connectivity index (χ0v) is 13.9. The van der Waals surface area contributed by atoms with Crippen LogP contribution in [0.1, 0.15) is 10.9 Å². The lowest BCUT2D eigenvalue weighted by Gasteiger charge is -2.17. The van der Waals surface area contributed by atoms with Gasteiger partial charge in [-0.05, 0) is 35.7 Å². The van der Waals surface area contributed by atoms with Crippen molar-refractivity contribution in [2.75, 3.05) is 6.54 Å². The second kappa shape index (κ2) is 6.80. The maximum absolute atomic E-state index is 13.7. The van der Waals surface area contributed by atoms with Crippen molar-refractivity contribution in [2.24, 2.45) is 0 Å². The standard InChI is InChI=1S/C15H13F2N3O2S2/c16-11-4-5-12(17)15(9-11)24(21,22)19-10-13(14-3-1-8-23-14)20-7-2-6-18-20/h1-9,13,19H,10H2. The van der Waals surface area contributed by atoms with Gasteiger partial charge in [0.05, 0.1) is 6.04 Å². The van der Waals surface area contributed by atoms with Crippen molar-refractivity contribution in [1.82, 2.24) is 14.5 Å². The van der Waals surface area contributed by atoms with Crippen molar-refractivity contribution in [3.8, 4) is 0 Å². The van der Waals surface area contributed by atoms with Crippen LogP contribution in [0.5, 0.6) is 0 Å². The molecule has 0 radical (unpaired) electrons. The largest absolute Gasteiger partial charge is 0.263 e. The summed E-state index contributed by atoms with van der Waals surface area (Å²) >= 11 is 1.45. The quantitative estimate of drug-likeness (QED) is 0.727.